The summed E-state index contributed by atoms with van der Waals surface area (Å²) in [5, 5.41) is 0. The molecule has 1 aromatic heterocycles. The molecule has 3 rings (SSSR count). The molecule has 0 spiro atoms. The molecular weight excluding hydrogens is 296 g/mol. The number of rotatable bonds is 3. The van der Waals surface area contributed by atoms with E-state index in [1.165, 1.54) is 0 Å². The Morgan fingerprint density at radius 2 is 1.83 bits per heavy atom. The van der Waals surface area contributed by atoms with Gasteiger partial charge < -0.3 is 19.5 Å². The summed E-state index contributed by atoms with van der Waals surface area (Å²) in [5.41, 5.74) is 0.593. The first-order valence-electron chi connectivity index (χ1n) is 7.41. The smallest absolute Gasteiger partial charge is 0.289 e. The Kier molecular flexibility index (Phi) is 4.27. The molecule has 0 aliphatic carbocycles. The second kappa shape index (κ2) is 6.51. The van der Waals surface area contributed by atoms with Crippen molar-refractivity contribution in [2.45, 2.75) is 0 Å². The van der Waals surface area contributed by atoms with Gasteiger partial charge in [-0.05, 0) is 18.2 Å². The Morgan fingerprint density at radius 1 is 1.13 bits per heavy atom. The van der Waals surface area contributed by atoms with Crippen molar-refractivity contribution in [3.63, 3.8) is 0 Å². The maximum Gasteiger partial charge on any atom is 0.289 e. The van der Waals surface area contributed by atoms with Gasteiger partial charge in [-0.1, -0.05) is 6.07 Å². The molecule has 0 unspecified atom stereocenters. The van der Waals surface area contributed by atoms with Gasteiger partial charge in [0, 0.05) is 44.1 Å². The average Bonchev–Trinajstić information content (AvgIpc) is 3.15. The minimum Gasteiger partial charge on any atom is -0.497 e. The highest BCUT2D eigenvalue weighted by molar-refractivity contribution is 5.95. The zero-order valence-corrected chi connectivity index (χ0v) is 12.9. The third-order valence-electron chi connectivity index (χ3n) is 3.87. The van der Waals surface area contributed by atoms with Crippen molar-refractivity contribution < 1.29 is 14.3 Å². The van der Waals surface area contributed by atoms with E-state index in [-0.39, 0.29) is 11.8 Å². The van der Waals surface area contributed by atoms with E-state index < -0.39 is 0 Å². The lowest BCUT2D eigenvalue weighted by Crippen LogP contribution is -2.50. The first-order valence-corrected chi connectivity index (χ1v) is 7.41. The Balaban J connectivity index is 1.62. The molecule has 1 aliphatic rings. The molecule has 0 bridgehead atoms. The van der Waals surface area contributed by atoms with E-state index in [0.717, 1.165) is 0 Å². The van der Waals surface area contributed by atoms with E-state index in [4.69, 9.17) is 4.74 Å². The van der Waals surface area contributed by atoms with Gasteiger partial charge in [0.2, 0.25) is 0 Å². The van der Waals surface area contributed by atoms with Crippen LogP contribution in [0.15, 0.2) is 36.7 Å². The number of nitrogens with zero attached hydrogens (tertiary/aromatic N) is 3. The molecule has 7 nitrogen and oxygen atoms in total. The minimum atomic E-state index is -0.136. The maximum absolute atomic E-state index is 12.5. The van der Waals surface area contributed by atoms with E-state index in [1.807, 2.05) is 0 Å². The van der Waals surface area contributed by atoms with E-state index in [2.05, 4.69) is 9.97 Å². The van der Waals surface area contributed by atoms with Crippen molar-refractivity contribution in [1.29, 1.82) is 0 Å². The van der Waals surface area contributed by atoms with Crippen LogP contribution < -0.4 is 4.74 Å². The molecule has 2 amide bonds. The lowest BCUT2D eigenvalue weighted by molar-refractivity contribution is 0.0529. The molecule has 1 saturated heterocycles. The molecule has 0 radical (unpaired) electrons. The van der Waals surface area contributed by atoms with Gasteiger partial charge in [0.1, 0.15) is 5.75 Å². The number of aromatic amines is 1. The minimum absolute atomic E-state index is 0.0472. The van der Waals surface area contributed by atoms with Crippen molar-refractivity contribution in [2.24, 2.45) is 0 Å². The summed E-state index contributed by atoms with van der Waals surface area (Å²) in [7, 11) is 1.57. The van der Waals surface area contributed by atoms with Gasteiger partial charge in [-0.15, -0.1) is 0 Å². The molecule has 120 valence electrons. The molecule has 2 heterocycles. The van der Waals surface area contributed by atoms with Gasteiger partial charge >= 0.3 is 0 Å². The van der Waals surface area contributed by atoms with Crippen LogP contribution in [0.4, 0.5) is 0 Å². The quantitative estimate of drug-likeness (QED) is 0.917. The number of hydrogen-bond donors (Lipinski definition) is 1. The third kappa shape index (κ3) is 3.18. The standard InChI is InChI=1S/C16H18N4O3/c1-23-13-4-2-3-12(11-13)15(21)19-7-9-20(10-8-19)16(22)14-17-5-6-18-14/h2-6,11H,7-10H2,1H3,(H,17,18). The number of piperazine rings is 1. The number of hydrogen-bond acceptors (Lipinski definition) is 4. The van der Waals surface area contributed by atoms with Crippen LogP contribution in [0.25, 0.3) is 0 Å². The highest BCUT2D eigenvalue weighted by Gasteiger charge is 2.26. The number of benzene rings is 1. The van der Waals surface area contributed by atoms with Crippen molar-refractivity contribution in [3.05, 3.63) is 48.0 Å². The maximum atomic E-state index is 12.5. The first-order chi connectivity index (χ1) is 11.2. The summed E-state index contributed by atoms with van der Waals surface area (Å²) in [6.07, 6.45) is 3.17. The molecule has 1 N–H and O–H groups in total. The number of H-pyrrole nitrogens is 1. The number of methoxy groups -OCH3 is 1. The number of carbonyl (C=O) groups is 2. The third-order valence-corrected chi connectivity index (χ3v) is 3.87. The average molecular weight is 314 g/mol. The van der Waals surface area contributed by atoms with Gasteiger partial charge in [0.25, 0.3) is 11.8 Å². The summed E-state index contributed by atoms with van der Waals surface area (Å²) >= 11 is 0. The van der Waals surface area contributed by atoms with E-state index in [1.54, 1.807) is 53.6 Å². The van der Waals surface area contributed by atoms with Crippen molar-refractivity contribution >= 4 is 11.8 Å². The molecular formula is C16H18N4O3. The van der Waals surface area contributed by atoms with Crippen molar-refractivity contribution in [3.8, 4) is 5.75 Å². The summed E-state index contributed by atoms with van der Waals surface area (Å²) in [5.74, 6) is 0.803. The molecule has 0 saturated carbocycles. The monoisotopic (exact) mass is 314 g/mol. The fourth-order valence-electron chi connectivity index (χ4n) is 2.58. The predicted octanol–water partition coefficient (Wildman–Crippen LogP) is 1.02. The largest absolute Gasteiger partial charge is 0.497 e. The Labute approximate surface area is 133 Å². The van der Waals surface area contributed by atoms with Gasteiger partial charge in [-0.2, -0.15) is 0 Å². The molecule has 0 atom stereocenters. The van der Waals surface area contributed by atoms with Crippen LogP contribution in [-0.4, -0.2) is 64.9 Å². The first kappa shape index (κ1) is 15.1. The van der Waals surface area contributed by atoms with Crippen LogP contribution in [-0.2, 0) is 0 Å². The Hall–Kier alpha value is -2.83. The van der Waals surface area contributed by atoms with Gasteiger partial charge in [-0.25, -0.2) is 4.98 Å². The number of amides is 2. The van der Waals surface area contributed by atoms with Crippen LogP contribution in [0.1, 0.15) is 21.0 Å². The number of ether oxygens (including phenoxy) is 1. The summed E-state index contributed by atoms with van der Waals surface area (Å²) in [4.78, 5) is 35.0. The SMILES string of the molecule is COc1cccc(C(=O)N2CCN(C(=O)c3ncc[nH]3)CC2)c1. The predicted molar refractivity (Wildman–Crippen MR) is 83.4 cm³/mol. The molecule has 1 aromatic carbocycles. The Bertz CT molecular complexity index is 691. The second-order valence-electron chi connectivity index (χ2n) is 5.25. The normalized spacial score (nSPS) is 14.7. The fraction of sp³-hybridized carbons (Fsp3) is 0.312. The van der Waals surface area contributed by atoms with Gasteiger partial charge in [0.15, 0.2) is 5.82 Å². The van der Waals surface area contributed by atoms with Crippen molar-refractivity contribution in [1.82, 2.24) is 19.8 Å². The molecule has 2 aromatic rings. The van der Waals surface area contributed by atoms with E-state index in [9.17, 15) is 9.59 Å². The van der Waals surface area contributed by atoms with Crippen LogP contribution in [0.2, 0.25) is 0 Å². The lowest BCUT2D eigenvalue weighted by Gasteiger charge is -2.34. The summed E-state index contributed by atoms with van der Waals surface area (Å²) < 4.78 is 5.15. The van der Waals surface area contributed by atoms with E-state index >= 15 is 0 Å². The topological polar surface area (TPSA) is 78.5 Å². The fourth-order valence-corrected chi connectivity index (χ4v) is 2.58. The van der Waals surface area contributed by atoms with Crippen LogP contribution in [0.5, 0.6) is 5.75 Å². The zero-order chi connectivity index (χ0) is 16.2. The summed E-state index contributed by atoms with van der Waals surface area (Å²) in [6.45, 7) is 2.00. The van der Waals surface area contributed by atoms with Gasteiger partial charge in [0.05, 0.1) is 7.11 Å². The lowest BCUT2D eigenvalue weighted by atomic mass is 10.1. The number of imidazole rings is 1. The Morgan fingerprint density at radius 3 is 2.43 bits per heavy atom. The zero-order valence-electron chi connectivity index (χ0n) is 12.9. The van der Waals surface area contributed by atoms with Crippen LogP contribution >= 0.6 is 0 Å². The molecule has 7 heteroatoms. The van der Waals surface area contributed by atoms with Crippen LogP contribution in [0, 0.1) is 0 Å². The van der Waals surface area contributed by atoms with Gasteiger partial charge in [-0.3, -0.25) is 9.59 Å². The number of aromatic nitrogens is 2. The van der Waals surface area contributed by atoms with Crippen LogP contribution in [0.3, 0.4) is 0 Å². The number of nitrogens with one attached hydrogen (secondary N) is 1. The molecule has 23 heavy (non-hydrogen) atoms. The highest BCUT2D eigenvalue weighted by atomic mass is 16.5. The summed E-state index contributed by atoms with van der Waals surface area (Å²) in [6, 6.07) is 7.09. The second-order valence-corrected chi connectivity index (χ2v) is 5.25. The number of carbonyl (C=O) groups excluding carboxylic acids is 2. The van der Waals surface area contributed by atoms with E-state index in [0.29, 0.717) is 43.3 Å². The highest BCUT2D eigenvalue weighted by Crippen LogP contribution is 2.16. The van der Waals surface area contributed by atoms with Crippen molar-refractivity contribution in [2.75, 3.05) is 33.3 Å². The molecule has 1 aliphatic heterocycles. The molecule has 1 fully saturated rings.